The van der Waals surface area contributed by atoms with Crippen LogP contribution in [0.1, 0.15) is 0 Å². The van der Waals surface area contributed by atoms with Gasteiger partial charge in [0.05, 0.1) is 23.8 Å². The molecule has 0 bridgehead atoms. The van der Waals surface area contributed by atoms with Crippen LogP contribution in [0.2, 0.25) is 0 Å². The summed E-state index contributed by atoms with van der Waals surface area (Å²) in [5.74, 6) is 0.386. The molecular weight excluding hydrogens is 343 g/mol. The maximum Gasteiger partial charge on any atom is 0.182 e. The summed E-state index contributed by atoms with van der Waals surface area (Å²) in [5.41, 5.74) is 2.00. The number of nitrogens with one attached hydrogen (secondary N) is 1. The molecule has 3 nitrogen and oxygen atoms in total. The first kappa shape index (κ1) is 13.3. The lowest BCUT2D eigenvalue weighted by Crippen LogP contribution is -1.97. The molecule has 20 heavy (non-hydrogen) atoms. The number of benzene rings is 2. The number of imidazole rings is 1. The number of halogens is 2. The van der Waals surface area contributed by atoms with Crippen LogP contribution in [0, 0.1) is 10.6 Å². The van der Waals surface area contributed by atoms with Crippen molar-refractivity contribution in [2.24, 2.45) is 0 Å². The molecule has 0 unspecified atom stereocenters. The summed E-state index contributed by atoms with van der Waals surface area (Å²) in [7, 11) is 1.60. The van der Waals surface area contributed by atoms with Gasteiger partial charge in [0, 0.05) is 10.5 Å². The van der Waals surface area contributed by atoms with Gasteiger partial charge in [0.1, 0.15) is 11.6 Å². The zero-order chi connectivity index (χ0) is 14.3. The number of nitrogens with zero attached hydrogens (tertiary/aromatic N) is 1. The van der Waals surface area contributed by atoms with Crippen molar-refractivity contribution >= 4 is 39.2 Å². The molecule has 0 atom stereocenters. The molecule has 0 fully saturated rings. The van der Waals surface area contributed by atoms with Crippen LogP contribution in [0.25, 0.3) is 16.7 Å². The third-order valence-electron chi connectivity index (χ3n) is 3.04. The van der Waals surface area contributed by atoms with E-state index in [1.54, 1.807) is 23.8 Å². The molecule has 0 saturated heterocycles. The van der Waals surface area contributed by atoms with Gasteiger partial charge in [-0.1, -0.05) is 15.9 Å². The van der Waals surface area contributed by atoms with E-state index >= 15 is 0 Å². The Bertz CT molecular complexity index is 856. The van der Waals surface area contributed by atoms with E-state index in [2.05, 4.69) is 20.9 Å². The first-order valence-electron chi connectivity index (χ1n) is 5.84. The number of hydrogen-bond acceptors (Lipinski definition) is 2. The van der Waals surface area contributed by atoms with Crippen molar-refractivity contribution in [3.63, 3.8) is 0 Å². The van der Waals surface area contributed by atoms with E-state index in [0.717, 1.165) is 21.3 Å². The SMILES string of the molecule is COc1ccc2c(c1)[nH]c(=S)n2-c1cc(Br)ccc1F. The molecule has 3 rings (SSSR count). The summed E-state index contributed by atoms with van der Waals surface area (Å²) < 4.78 is 22.1. The lowest BCUT2D eigenvalue weighted by molar-refractivity contribution is 0.415. The molecule has 1 N–H and O–H groups in total. The fraction of sp³-hybridized carbons (Fsp3) is 0.0714. The Hall–Kier alpha value is -1.66. The van der Waals surface area contributed by atoms with Crippen LogP contribution in [0.15, 0.2) is 40.9 Å². The molecule has 2 aromatic carbocycles. The summed E-state index contributed by atoms with van der Waals surface area (Å²) in [5, 5.41) is 0. The van der Waals surface area contributed by atoms with Crippen molar-refractivity contribution in [3.8, 4) is 11.4 Å². The van der Waals surface area contributed by atoms with E-state index in [1.165, 1.54) is 6.07 Å². The number of H-pyrrole nitrogens is 1. The number of aromatic amines is 1. The summed E-state index contributed by atoms with van der Waals surface area (Å²) in [6.07, 6.45) is 0. The minimum Gasteiger partial charge on any atom is -0.497 e. The van der Waals surface area contributed by atoms with Gasteiger partial charge in [0.15, 0.2) is 4.77 Å². The zero-order valence-corrected chi connectivity index (χ0v) is 12.9. The highest BCUT2D eigenvalue weighted by molar-refractivity contribution is 9.10. The Balaban J connectivity index is 2.33. The molecule has 0 aliphatic heterocycles. The molecule has 3 aromatic rings. The fourth-order valence-electron chi connectivity index (χ4n) is 2.11. The van der Waals surface area contributed by atoms with E-state index in [-0.39, 0.29) is 5.82 Å². The summed E-state index contributed by atoms with van der Waals surface area (Å²) in [6, 6.07) is 10.3. The maximum atomic E-state index is 14.1. The van der Waals surface area contributed by atoms with Crippen LogP contribution in [-0.4, -0.2) is 16.7 Å². The maximum absolute atomic E-state index is 14.1. The predicted octanol–water partition coefficient (Wildman–Crippen LogP) is 4.60. The topological polar surface area (TPSA) is 29.9 Å². The number of rotatable bonds is 2. The quantitative estimate of drug-likeness (QED) is 0.683. The molecule has 1 heterocycles. The van der Waals surface area contributed by atoms with Gasteiger partial charge in [-0.05, 0) is 42.5 Å². The fourth-order valence-corrected chi connectivity index (χ4v) is 2.77. The van der Waals surface area contributed by atoms with Gasteiger partial charge < -0.3 is 9.72 Å². The highest BCUT2D eigenvalue weighted by Crippen LogP contribution is 2.26. The molecule has 0 saturated carbocycles. The average molecular weight is 353 g/mol. The molecule has 1 aromatic heterocycles. The first-order chi connectivity index (χ1) is 9.60. The smallest absolute Gasteiger partial charge is 0.182 e. The van der Waals surface area contributed by atoms with Crippen LogP contribution < -0.4 is 4.74 Å². The highest BCUT2D eigenvalue weighted by atomic mass is 79.9. The van der Waals surface area contributed by atoms with Crippen LogP contribution >= 0.6 is 28.1 Å². The third kappa shape index (κ3) is 2.14. The molecule has 0 amide bonds. The lowest BCUT2D eigenvalue weighted by Gasteiger charge is -2.07. The van der Waals surface area contributed by atoms with Gasteiger partial charge in [0.25, 0.3) is 0 Å². The molecule has 102 valence electrons. The Kier molecular flexibility index (Phi) is 3.35. The Labute approximate surface area is 128 Å². The summed E-state index contributed by atoms with van der Waals surface area (Å²) in [6.45, 7) is 0. The Morgan fingerprint density at radius 2 is 2.05 bits per heavy atom. The third-order valence-corrected chi connectivity index (χ3v) is 3.82. The minimum atomic E-state index is -0.332. The van der Waals surface area contributed by atoms with Crippen molar-refractivity contribution in [3.05, 3.63) is 51.5 Å². The molecule has 6 heteroatoms. The van der Waals surface area contributed by atoms with Crippen molar-refractivity contribution in [2.75, 3.05) is 7.11 Å². The number of ether oxygens (including phenoxy) is 1. The average Bonchev–Trinajstić information content (AvgIpc) is 2.76. The largest absolute Gasteiger partial charge is 0.497 e. The number of methoxy groups -OCH3 is 1. The van der Waals surface area contributed by atoms with Crippen molar-refractivity contribution in [1.29, 1.82) is 0 Å². The van der Waals surface area contributed by atoms with E-state index in [0.29, 0.717) is 10.5 Å². The lowest BCUT2D eigenvalue weighted by atomic mass is 10.2. The minimum absolute atomic E-state index is 0.332. The van der Waals surface area contributed by atoms with Gasteiger partial charge in [-0.2, -0.15) is 0 Å². The van der Waals surface area contributed by atoms with Gasteiger partial charge in [-0.15, -0.1) is 0 Å². The zero-order valence-electron chi connectivity index (χ0n) is 10.5. The van der Waals surface area contributed by atoms with E-state index in [9.17, 15) is 4.39 Å². The predicted molar refractivity (Wildman–Crippen MR) is 82.7 cm³/mol. The highest BCUT2D eigenvalue weighted by Gasteiger charge is 2.11. The summed E-state index contributed by atoms with van der Waals surface area (Å²) >= 11 is 8.65. The summed E-state index contributed by atoms with van der Waals surface area (Å²) in [4.78, 5) is 3.06. The monoisotopic (exact) mass is 352 g/mol. The number of aromatic nitrogens is 2. The second-order valence-corrected chi connectivity index (χ2v) is 5.55. The Morgan fingerprint density at radius 1 is 1.25 bits per heavy atom. The van der Waals surface area contributed by atoms with Crippen molar-refractivity contribution in [2.45, 2.75) is 0 Å². The molecule has 0 radical (unpaired) electrons. The van der Waals surface area contributed by atoms with Gasteiger partial charge in [-0.3, -0.25) is 4.57 Å². The number of hydrogen-bond donors (Lipinski definition) is 1. The van der Waals surface area contributed by atoms with E-state index in [4.69, 9.17) is 17.0 Å². The second kappa shape index (κ2) is 5.03. The van der Waals surface area contributed by atoms with Crippen molar-refractivity contribution < 1.29 is 9.13 Å². The van der Waals surface area contributed by atoms with Gasteiger partial charge in [0.2, 0.25) is 0 Å². The second-order valence-electron chi connectivity index (χ2n) is 4.24. The van der Waals surface area contributed by atoms with Crippen LogP contribution in [-0.2, 0) is 0 Å². The van der Waals surface area contributed by atoms with Crippen LogP contribution in [0.3, 0.4) is 0 Å². The van der Waals surface area contributed by atoms with Gasteiger partial charge in [-0.25, -0.2) is 4.39 Å². The van der Waals surface area contributed by atoms with E-state index < -0.39 is 0 Å². The van der Waals surface area contributed by atoms with Crippen LogP contribution in [0.4, 0.5) is 4.39 Å². The molecular formula is C14H10BrFN2OS. The van der Waals surface area contributed by atoms with Crippen LogP contribution in [0.5, 0.6) is 5.75 Å². The first-order valence-corrected chi connectivity index (χ1v) is 7.04. The molecule has 0 aliphatic rings. The van der Waals surface area contributed by atoms with Crippen molar-refractivity contribution in [1.82, 2.24) is 9.55 Å². The van der Waals surface area contributed by atoms with Gasteiger partial charge >= 0.3 is 0 Å². The standard InChI is InChI=1S/C14H10BrFN2OS/c1-19-9-3-5-12-11(7-9)17-14(20)18(12)13-6-8(15)2-4-10(13)16/h2-7H,1H3,(H,17,20). The molecule has 0 aliphatic carbocycles. The number of fused-ring (bicyclic) bond motifs is 1. The van der Waals surface area contributed by atoms with E-state index in [1.807, 2.05) is 18.2 Å². The molecule has 0 spiro atoms. The normalized spacial score (nSPS) is 10.9. The Morgan fingerprint density at radius 3 is 2.80 bits per heavy atom.